The largest absolute Gasteiger partial charge is 0.380 e. The molecule has 1 atom stereocenters. The predicted octanol–water partition coefficient (Wildman–Crippen LogP) is 2.07. The van der Waals surface area contributed by atoms with Crippen LogP contribution < -0.4 is 11.1 Å². The second-order valence-electron chi connectivity index (χ2n) is 6.57. The lowest BCUT2D eigenvalue weighted by atomic mass is 9.96. The highest BCUT2D eigenvalue weighted by atomic mass is 35.5. The fourth-order valence-electron chi connectivity index (χ4n) is 2.65. The van der Waals surface area contributed by atoms with Crippen LogP contribution in [0.3, 0.4) is 0 Å². The summed E-state index contributed by atoms with van der Waals surface area (Å²) >= 11 is 0. The maximum Gasteiger partial charge on any atom is 0.222 e. The average Bonchev–Trinajstić information content (AvgIpc) is 2.49. The van der Waals surface area contributed by atoms with Gasteiger partial charge in [0.25, 0.3) is 0 Å². The lowest BCUT2D eigenvalue weighted by Gasteiger charge is -2.32. The summed E-state index contributed by atoms with van der Waals surface area (Å²) in [6, 6.07) is 0. The molecule has 1 unspecified atom stereocenters. The number of nitrogens with zero attached hydrogens (tertiary/aromatic N) is 1. The van der Waals surface area contributed by atoms with Crippen LogP contribution in [0.4, 0.5) is 0 Å². The Morgan fingerprint density at radius 3 is 2.39 bits per heavy atom. The number of amides is 1. The van der Waals surface area contributed by atoms with Gasteiger partial charge in [0.2, 0.25) is 5.91 Å². The summed E-state index contributed by atoms with van der Waals surface area (Å²) in [5, 5.41) is 3.02. The average molecular weight is 372 g/mol. The van der Waals surface area contributed by atoms with Crippen LogP contribution in [0.25, 0.3) is 0 Å². The Hall–Kier alpha value is -0.0700. The van der Waals surface area contributed by atoms with Crippen LogP contribution in [0.5, 0.6) is 0 Å². The maximum atomic E-state index is 11.8. The molecule has 5 nitrogen and oxygen atoms in total. The van der Waals surface area contributed by atoms with Crippen LogP contribution in [-0.2, 0) is 9.53 Å². The monoisotopic (exact) mass is 371 g/mol. The van der Waals surface area contributed by atoms with E-state index >= 15 is 0 Å². The van der Waals surface area contributed by atoms with Gasteiger partial charge in [0.15, 0.2) is 0 Å². The zero-order valence-electron chi connectivity index (χ0n) is 14.8. The van der Waals surface area contributed by atoms with Gasteiger partial charge in [-0.3, -0.25) is 4.79 Å². The standard InChI is InChI=1S/C16H33N3O2.2ClH/c1-13(2)4-7-19-8-5-14(6-9-19)12-18-16(20)10-15(11-17)21-3;;/h13-15H,4-12,17H2,1-3H3,(H,18,20);2*1H. The summed E-state index contributed by atoms with van der Waals surface area (Å²) < 4.78 is 5.13. The highest BCUT2D eigenvalue weighted by Gasteiger charge is 2.20. The fourth-order valence-corrected chi connectivity index (χ4v) is 2.65. The van der Waals surface area contributed by atoms with Gasteiger partial charge in [-0.1, -0.05) is 13.8 Å². The minimum absolute atomic E-state index is 0. The molecule has 1 amide bonds. The number of rotatable bonds is 9. The molecular formula is C16H35Cl2N3O2. The molecule has 0 aliphatic carbocycles. The SMILES string of the molecule is COC(CN)CC(=O)NCC1CCN(CCC(C)C)CC1.Cl.Cl. The Balaban J connectivity index is 0. The van der Waals surface area contributed by atoms with Crippen LogP contribution >= 0.6 is 24.8 Å². The Morgan fingerprint density at radius 2 is 1.91 bits per heavy atom. The highest BCUT2D eigenvalue weighted by Crippen LogP contribution is 2.17. The molecule has 3 N–H and O–H groups in total. The van der Waals surface area contributed by atoms with Crippen molar-refractivity contribution in [3.63, 3.8) is 0 Å². The highest BCUT2D eigenvalue weighted by molar-refractivity contribution is 5.85. The Labute approximate surface area is 153 Å². The van der Waals surface area contributed by atoms with Crippen molar-refractivity contribution in [2.24, 2.45) is 17.6 Å². The summed E-state index contributed by atoms with van der Waals surface area (Å²) in [6.07, 6.45) is 3.84. The third kappa shape index (κ3) is 11.2. The van der Waals surface area contributed by atoms with Crippen LogP contribution in [-0.4, -0.2) is 56.7 Å². The molecule has 1 rings (SSSR count). The molecule has 0 spiro atoms. The van der Waals surface area contributed by atoms with E-state index in [1.165, 1.54) is 25.8 Å². The first-order valence-corrected chi connectivity index (χ1v) is 8.27. The molecule has 0 bridgehead atoms. The molecule has 0 aromatic rings. The van der Waals surface area contributed by atoms with Crippen molar-refractivity contribution >= 4 is 30.7 Å². The van der Waals surface area contributed by atoms with E-state index in [4.69, 9.17) is 10.5 Å². The maximum absolute atomic E-state index is 11.8. The number of halogens is 2. The summed E-state index contributed by atoms with van der Waals surface area (Å²) in [7, 11) is 1.59. The van der Waals surface area contributed by atoms with E-state index in [0.717, 1.165) is 25.6 Å². The molecule has 1 saturated heterocycles. The van der Waals surface area contributed by atoms with Gasteiger partial charge in [-0.25, -0.2) is 0 Å². The second kappa shape index (κ2) is 14.3. The number of ether oxygens (including phenoxy) is 1. The van der Waals surface area contributed by atoms with E-state index in [9.17, 15) is 4.79 Å². The summed E-state index contributed by atoms with van der Waals surface area (Å²) in [5.74, 6) is 1.44. The predicted molar refractivity (Wildman–Crippen MR) is 101 cm³/mol. The van der Waals surface area contributed by atoms with Crippen molar-refractivity contribution in [3.05, 3.63) is 0 Å². The van der Waals surface area contributed by atoms with Crippen molar-refractivity contribution in [2.45, 2.75) is 45.6 Å². The van der Waals surface area contributed by atoms with Crippen molar-refractivity contribution in [1.29, 1.82) is 0 Å². The zero-order valence-corrected chi connectivity index (χ0v) is 16.4. The summed E-state index contributed by atoms with van der Waals surface area (Å²) in [5.41, 5.74) is 5.52. The van der Waals surface area contributed by atoms with Crippen molar-refractivity contribution in [1.82, 2.24) is 10.2 Å². The molecular weight excluding hydrogens is 337 g/mol. The number of carbonyl (C=O) groups is 1. The molecule has 0 saturated carbocycles. The lowest BCUT2D eigenvalue weighted by Crippen LogP contribution is -2.40. The molecule has 0 aromatic carbocycles. The molecule has 1 heterocycles. The van der Waals surface area contributed by atoms with Gasteiger partial charge in [0.05, 0.1) is 12.5 Å². The van der Waals surface area contributed by atoms with E-state index in [1.807, 2.05) is 0 Å². The number of likely N-dealkylation sites (tertiary alicyclic amines) is 1. The topological polar surface area (TPSA) is 67.6 Å². The molecule has 1 aliphatic heterocycles. The molecule has 7 heteroatoms. The lowest BCUT2D eigenvalue weighted by molar-refractivity contribution is -0.123. The van der Waals surface area contributed by atoms with Crippen LogP contribution in [0, 0.1) is 11.8 Å². The zero-order chi connectivity index (χ0) is 15.7. The molecule has 140 valence electrons. The van der Waals surface area contributed by atoms with Crippen molar-refractivity contribution in [2.75, 3.05) is 39.8 Å². The number of hydrogen-bond acceptors (Lipinski definition) is 4. The van der Waals surface area contributed by atoms with E-state index in [2.05, 4.69) is 24.1 Å². The van der Waals surface area contributed by atoms with Gasteiger partial charge in [-0.15, -0.1) is 24.8 Å². The van der Waals surface area contributed by atoms with E-state index in [1.54, 1.807) is 7.11 Å². The molecule has 0 radical (unpaired) electrons. The first-order chi connectivity index (χ1) is 10.0. The minimum Gasteiger partial charge on any atom is -0.380 e. The van der Waals surface area contributed by atoms with Crippen LogP contribution in [0.1, 0.15) is 39.5 Å². The quantitative estimate of drug-likeness (QED) is 0.650. The normalized spacial score (nSPS) is 17.3. The van der Waals surface area contributed by atoms with E-state index in [0.29, 0.717) is 18.9 Å². The van der Waals surface area contributed by atoms with Gasteiger partial charge in [-0.2, -0.15) is 0 Å². The number of nitrogens with two attached hydrogens (primary N) is 1. The number of nitrogens with one attached hydrogen (secondary N) is 1. The Bertz CT molecular complexity index is 295. The Morgan fingerprint density at radius 1 is 1.30 bits per heavy atom. The first kappa shape index (κ1) is 25.2. The van der Waals surface area contributed by atoms with Gasteiger partial charge in [-0.05, 0) is 50.7 Å². The second-order valence-corrected chi connectivity index (χ2v) is 6.57. The molecule has 1 fully saturated rings. The smallest absolute Gasteiger partial charge is 0.222 e. The summed E-state index contributed by atoms with van der Waals surface area (Å²) in [4.78, 5) is 14.3. The van der Waals surface area contributed by atoms with E-state index in [-0.39, 0.29) is 36.8 Å². The first-order valence-electron chi connectivity index (χ1n) is 8.27. The minimum atomic E-state index is -0.164. The number of methoxy groups -OCH3 is 1. The third-order valence-electron chi connectivity index (χ3n) is 4.33. The van der Waals surface area contributed by atoms with Crippen LogP contribution in [0.15, 0.2) is 0 Å². The molecule has 1 aliphatic rings. The van der Waals surface area contributed by atoms with Gasteiger partial charge < -0.3 is 20.7 Å². The number of carbonyl (C=O) groups excluding carboxylic acids is 1. The third-order valence-corrected chi connectivity index (χ3v) is 4.33. The summed E-state index contributed by atoms with van der Waals surface area (Å²) in [6.45, 7) is 9.26. The molecule has 23 heavy (non-hydrogen) atoms. The van der Waals surface area contributed by atoms with Crippen molar-refractivity contribution < 1.29 is 9.53 Å². The fraction of sp³-hybridized carbons (Fsp3) is 0.938. The van der Waals surface area contributed by atoms with Crippen molar-refractivity contribution in [3.8, 4) is 0 Å². The van der Waals surface area contributed by atoms with Gasteiger partial charge >= 0.3 is 0 Å². The Kier molecular flexibility index (Phi) is 15.6. The number of hydrogen-bond donors (Lipinski definition) is 2. The molecule has 0 aromatic heterocycles. The number of piperidine rings is 1. The van der Waals surface area contributed by atoms with E-state index < -0.39 is 0 Å². The van der Waals surface area contributed by atoms with Gasteiger partial charge in [0.1, 0.15) is 0 Å². The van der Waals surface area contributed by atoms with Crippen LogP contribution in [0.2, 0.25) is 0 Å². The van der Waals surface area contributed by atoms with Gasteiger partial charge in [0, 0.05) is 20.2 Å².